The molecule has 196 valence electrons. The molecular weight excluding hydrogens is 454 g/mol. The van der Waals surface area contributed by atoms with Gasteiger partial charge in [0.25, 0.3) is 0 Å². The van der Waals surface area contributed by atoms with Crippen molar-refractivity contribution >= 4 is 24.0 Å². The van der Waals surface area contributed by atoms with Gasteiger partial charge in [0, 0.05) is 0 Å². The Hall–Kier alpha value is -3.10. The van der Waals surface area contributed by atoms with E-state index in [4.69, 9.17) is 18.9 Å². The van der Waals surface area contributed by atoms with Gasteiger partial charge in [-0.15, -0.1) is 0 Å². The van der Waals surface area contributed by atoms with Crippen LogP contribution in [0.3, 0.4) is 0 Å². The number of nitrogens with one attached hydrogen (secondary N) is 1. The Morgan fingerprint density at radius 2 is 1.34 bits per heavy atom. The van der Waals surface area contributed by atoms with E-state index < -0.39 is 46.5 Å². The zero-order valence-corrected chi connectivity index (χ0v) is 22.5. The average Bonchev–Trinajstić information content (AvgIpc) is 2.65. The second kappa shape index (κ2) is 11.6. The van der Waals surface area contributed by atoms with Gasteiger partial charge in [0.1, 0.15) is 5.60 Å². The van der Waals surface area contributed by atoms with Crippen LogP contribution in [-0.2, 0) is 23.9 Å². The predicted molar refractivity (Wildman–Crippen MR) is 130 cm³/mol. The van der Waals surface area contributed by atoms with Crippen LogP contribution in [0.5, 0.6) is 11.5 Å². The molecule has 0 radical (unpaired) electrons. The molecule has 0 fully saturated rings. The Balaban J connectivity index is 3.45. The maximum absolute atomic E-state index is 12.6. The quantitative estimate of drug-likeness (QED) is 0.411. The van der Waals surface area contributed by atoms with E-state index in [-0.39, 0.29) is 24.5 Å². The van der Waals surface area contributed by atoms with Crippen molar-refractivity contribution in [1.29, 1.82) is 0 Å². The molecule has 1 amide bonds. The number of hydrogen-bond acceptors (Lipinski definition) is 8. The summed E-state index contributed by atoms with van der Waals surface area (Å²) in [5.74, 6) is -1.58. The van der Waals surface area contributed by atoms with Crippen LogP contribution < -0.4 is 14.8 Å². The zero-order chi connectivity index (χ0) is 27.2. The summed E-state index contributed by atoms with van der Waals surface area (Å²) in [5.41, 5.74) is -1.96. The van der Waals surface area contributed by atoms with Crippen LogP contribution in [0.25, 0.3) is 0 Å². The van der Waals surface area contributed by atoms with Crippen molar-refractivity contribution < 1.29 is 38.1 Å². The van der Waals surface area contributed by atoms with Gasteiger partial charge in [-0.3, -0.25) is 14.4 Å². The SMILES string of the molecule is CCOC(=O)C[C@@H](NC(=O)OC(C)(C)C)c1ccc(OC(=O)C(C)(C)C)c(OC(=O)C(C)(C)C)c1. The zero-order valence-electron chi connectivity index (χ0n) is 22.5. The molecule has 0 unspecified atom stereocenters. The van der Waals surface area contributed by atoms with Gasteiger partial charge in [0.2, 0.25) is 0 Å². The van der Waals surface area contributed by atoms with Gasteiger partial charge in [-0.2, -0.15) is 0 Å². The molecule has 0 aliphatic carbocycles. The number of hydrogen-bond donors (Lipinski definition) is 1. The van der Waals surface area contributed by atoms with Crippen LogP contribution in [0.1, 0.15) is 87.3 Å². The number of carbonyl (C=O) groups is 4. The third-order valence-electron chi connectivity index (χ3n) is 4.37. The van der Waals surface area contributed by atoms with Gasteiger partial charge >= 0.3 is 24.0 Å². The highest BCUT2D eigenvalue weighted by atomic mass is 16.6. The number of amides is 1. The first-order chi connectivity index (χ1) is 15.8. The van der Waals surface area contributed by atoms with Crippen molar-refractivity contribution in [2.75, 3.05) is 6.61 Å². The minimum atomic E-state index is -0.858. The van der Waals surface area contributed by atoms with Crippen molar-refractivity contribution in [2.45, 2.75) is 87.3 Å². The molecule has 9 heteroatoms. The van der Waals surface area contributed by atoms with E-state index in [2.05, 4.69) is 5.32 Å². The maximum Gasteiger partial charge on any atom is 0.408 e. The number of rotatable bonds is 7. The summed E-state index contributed by atoms with van der Waals surface area (Å²) < 4.78 is 21.5. The highest BCUT2D eigenvalue weighted by Crippen LogP contribution is 2.35. The standard InChI is InChI=1S/C26H39NO8/c1-11-32-20(28)15-17(27-23(31)35-26(8,9)10)16-12-13-18(33-21(29)24(2,3)4)19(14-16)34-22(30)25(5,6)7/h12-14,17H,11,15H2,1-10H3,(H,27,31)/t17-/m1/s1. The highest BCUT2D eigenvalue weighted by molar-refractivity contribution is 5.81. The van der Waals surface area contributed by atoms with Crippen LogP contribution in [0.2, 0.25) is 0 Å². The topological polar surface area (TPSA) is 117 Å². The Labute approximate surface area is 207 Å². The average molecular weight is 494 g/mol. The first-order valence-electron chi connectivity index (χ1n) is 11.6. The lowest BCUT2D eigenvalue weighted by molar-refractivity contribution is -0.145. The lowest BCUT2D eigenvalue weighted by atomic mass is 9.97. The van der Waals surface area contributed by atoms with Crippen molar-refractivity contribution in [3.05, 3.63) is 23.8 Å². The van der Waals surface area contributed by atoms with E-state index in [1.54, 1.807) is 75.3 Å². The van der Waals surface area contributed by atoms with Crippen molar-refractivity contribution in [3.8, 4) is 11.5 Å². The van der Waals surface area contributed by atoms with Gasteiger partial charge < -0.3 is 24.3 Å². The summed E-state index contributed by atoms with van der Waals surface area (Å²) in [6.07, 6.45) is -0.927. The molecule has 35 heavy (non-hydrogen) atoms. The third kappa shape index (κ3) is 10.4. The van der Waals surface area contributed by atoms with Gasteiger partial charge in [-0.05, 0) is 86.9 Å². The molecular formula is C26H39NO8. The molecule has 0 aromatic heterocycles. The number of ether oxygens (including phenoxy) is 4. The fraction of sp³-hybridized carbons (Fsp3) is 0.615. The predicted octanol–water partition coefficient (Wildman–Crippen LogP) is 5.11. The van der Waals surface area contributed by atoms with Gasteiger partial charge in [-0.25, -0.2) is 4.79 Å². The summed E-state index contributed by atoms with van der Waals surface area (Å²) >= 11 is 0. The minimum Gasteiger partial charge on any atom is -0.466 e. The fourth-order valence-corrected chi connectivity index (χ4v) is 2.50. The first-order valence-corrected chi connectivity index (χ1v) is 11.6. The molecule has 1 atom stereocenters. The van der Waals surface area contributed by atoms with Crippen molar-refractivity contribution in [3.63, 3.8) is 0 Å². The van der Waals surface area contributed by atoms with Crippen LogP contribution in [0.15, 0.2) is 18.2 Å². The molecule has 0 bridgehead atoms. The monoisotopic (exact) mass is 493 g/mol. The first kappa shape index (κ1) is 29.9. The molecule has 0 heterocycles. The van der Waals surface area contributed by atoms with Gasteiger partial charge in [0.05, 0.1) is 29.9 Å². The Bertz CT molecular complexity index is 932. The largest absolute Gasteiger partial charge is 0.466 e. The number of esters is 3. The number of alkyl carbamates (subject to hydrolysis) is 1. The molecule has 0 saturated heterocycles. The summed E-state index contributed by atoms with van der Waals surface area (Å²) in [4.78, 5) is 49.8. The summed E-state index contributed by atoms with van der Waals surface area (Å²) in [7, 11) is 0. The summed E-state index contributed by atoms with van der Waals surface area (Å²) in [6.45, 7) is 17.2. The molecule has 1 N–H and O–H groups in total. The Morgan fingerprint density at radius 1 is 0.829 bits per heavy atom. The van der Waals surface area contributed by atoms with E-state index in [0.717, 1.165) is 0 Å². The molecule has 9 nitrogen and oxygen atoms in total. The number of carbonyl (C=O) groups excluding carboxylic acids is 4. The second-order valence-electron chi connectivity index (χ2n) is 11.2. The lowest BCUT2D eigenvalue weighted by Gasteiger charge is -2.25. The van der Waals surface area contributed by atoms with E-state index >= 15 is 0 Å². The molecule has 0 saturated carbocycles. The molecule has 1 aromatic carbocycles. The molecule has 0 aliphatic rings. The summed E-state index contributed by atoms with van der Waals surface area (Å²) in [6, 6.07) is 3.62. The second-order valence-corrected chi connectivity index (χ2v) is 11.2. The van der Waals surface area contributed by atoms with Crippen LogP contribution in [0, 0.1) is 10.8 Å². The molecule has 0 aliphatic heterocycles. The van der Waals surface area contributed by atoms with Crippen LogP contribution in [0.4, 0.5) is 4.79 Å². The van der Waals surface area contributed by atoms with E-state index in [9.17, 15) is 19.2 Å². The van der Waals surface area contributed by atoms with Crippen LogP contribution >= 0.6 is 0 Å². The van der Waals surface area contributed by atoms with Gasteiger partial charge in [-0.1, -0.05) is 6.07 Å². The van der Waals surface area contributed by atoms with Crippen molar-refractivity contribution in [1.82, 2.24) is 5.32 Å². The third-order valence-corrected chi connectivity index (χ3v) is 4.37. The highest BCUT2D eigenvalue weighted by Gasteiger charge is 2.30. The van der Waals surface area contributed by atoms with E-state index in [0.29, 0.717) is 5.56 Å². The minimum absolute atomic E-state index is 0.0140. The lowest BCUT2D eigenvalue weighted by Crippen LogP contribution is -2.36. The normalized spacial score (nSPS) is 12.9. The van der Waals surface area contributed by atoms with E-state index in [1.807, 2.05) is 0 Å². The van der Waals surface area contributed by atoms with Crippen LogP contribution in [-0.4, -0.2) is 36.2 Å². The Morgan fingerprint density at radius 3 is 1.80 bits per heavy atom. The van der Waals surface area contributed by atoms with Gasteiger partial charge in [0.15, 0.2) is 11.5 Å². The smallest absolute Gasteiger partial charge is 0.408 e. The molecule has 1 aromatic rings. The molecule has 1 rings (SSSR count). The fourth-order valence-electron chi connectivity index (χ4n) is 2.50. The Kier molecular flexibility index (Phi) is 9.88. The van der Waals surface area contributed by atoms with E-state index in [1.165, 1.54) is 12.1 Å². The maximum atomic E-state index is 12.6. The number of benzene rings is 1. The van der Waals surface area contributed by atoms with Crippen molar-refractivity contribution in [2.24, 2.45) is 10.8 Å². The summed E-state index contributed by atoms with van der Waals surface area (Å²) in [5, 5.41) is 2.66. The molecule has 0 spiro atoms.